The minimum atomic E-state index is 0.781. The summed E-state index contributed by atoms with van der Waals surface area (Å²) in [6, 6.07) is 50.6. The second-order valence-corrected chi connectivity index (χ2v) is 11.5. The van der Waals surface area contributed by atoms with Gasteiger partial charge in [-0.05, 0) is 77.7 Å². The minimum absolute atomic E-state index is 0.781. The largest absolute Gasteiger partial charge is 0.496 e. The molecule has 0 heterocycles. The first-order chi connectivity index (χ1) is 23.6. The van der Waals surface area contributed by atoms with Crippen LogP contribution in [0.4, 0.5) is 17.1 Å². The van der Waals surface area contributed by atoms with Gasteiger partial charge in [-0.2, -0.15) is 0 Å². The maximum atomic E-state index is 5.78. The highest BCUT2D eigenvalue weighted by Gasteiger charge is 2.13. The first kappa shape index (κ1) is 31.9. The molecular weight excluding hydrogens is 587 g/mol. The van der Waals surface area contributed by atoms with Crippen LogP contribution in [0.2, 0.25) is 0 Å². The van der Waals surface area contributed by atoms with Gasteiger partial charge in [-0.1, -0.05) is 139 Å². The van der Waals surface area contributed by atoms with E-state index in [0.29, 0.717) is 0 Å². The van der Waals surface area contributed by atoms with E-state index in [1.165, 1.54) is 11.1 Å². The summed E-state index contributed by atoms with van der Waals surface area (Å²) in [4.78, 5) is 2.28. The Kier molecular flexibility index (Phi) is 10.3. The zero-order chi connectivity index (χ0) is 33.1. The normalized spacial score (nSPS) is 11.4. The topological polar surface area (TPSA) is 21.7 Å². The zero-order valence-corrected chi connectivity index (χ0v) is 27.6. The maximum Gasteiger partial charge on any atom is 0.126 e. The van der Waals surface area contributed by atoms with Crippen LogP contribution >= 0.6 is 0 Å². The molecule has 0 unspecified atom stereocenters. The van der Waals surface area contributed by atoms with Gasteiger partial charge in [-0.3, -0.25) is 0 Å². The van der Waals surface area contributed by atoms with Gasteiger partial charge in [0.15, 0.2) is 0 Å². The minimum Gasteiger partial charge on any atom is -0.496 e. The average molecular weight is 626 g/mol. The van der Waals surface area contributed by atoms with E-state index in [9.17, 15) is 0 Å². The third kappa shape index (κ3) is 8.01. The number of nitrogens with zero attached hydrogens (tertiary/aromatic N) is 1. The third-order valence-corrected chi connectivity index (χ3v) is 8.15. The van der Waals surface area contributed by atoms with Crippen LogP contribution in [0, 0.1) is 6.92 Å². The molecule has 48 heavy (non-hydrogen) atoms. The summed E-state index contributed by atoms with van der Waals surface area (Å²) in [5.41, 5.74) is 11.0. The molecule has 3 nitrogen and oxygen atoms in total. The Morgan fingerprint density at radius 1 is 0.396 bits per heavy atom. The Balaban J connectivity index is 1.24. The van der Waals surface area contributed by atoms with Gasteiger partial charge in [0.1, 0.15) is 11.5 Å². The van der Waals surface area contributed by atoms with Crippen LogP contribution in [0.5, 0.6) is 11.5 Å². The summed E-state index contributed by atoms with van der Waals surface area (Å²) in [7, 11) is 3.40. The highest BCUT2D eigenvalue weighted by atomic mass is 16.5. The van der Waals surface area contributed by atoms with E-state index in [4.69, 9.17) is 9.47 Å². The van der Waals surface area contributed by atoms with Gasteiger partial charge in [-0.15, -0.1) is 0 Å². The fourth-order valence-corrected chi connectivity index (χ4v) is 5.51. The first-order valence-electron chi connectivity index (χ1n) is 16.1. The molecule has 6 aromatic rings. The van der Waals surface area contributed by atoms with Crippen molar-refractivity contribution < 1.29 is 9.47 Å². The molecule has 0 spiro atoms. The van der Waals surface area contributed by atoms with Gasteiger partial charge in [0.2, 0.25) is 0 Å². The van der Waals surface area contributed by atoms with E-state index in [2.05, 4.69) is 157 Å². The molecule has 0 aliphatic carbocycles. The number of aryl methyl sites for hydroxylation is 1. The zero-order valence-electron chi connectivity index (χ0n) is 27.6. The van der Waals surface area contributed by atoms with Crippen molar-refractivity contribution in [2.24, 2.45) is 0 Å². The Morgan fingerprint density at radius 2 is 0.729 bits per heavy atom. The van der Waals surface area contributed by atoms with E-state index in [1.807, 2.05) is 36.4 Å². The summed E-state index contributed by atoms with van der Waals surface area (Å²) < 4.78 is 11.5. The molecule has 0 N–H and O–H groups in total. The van der Waals surface area contributed by atoms with Crippen molar-refractivity contribution in [3.8, 4) is 11.5 Å². The molecule has 0 fully saturated rings. The summed E-state index contributed by atoms with van der Waals surface area (Å²) in [6.07, 6.45) is 12.6. The second-order valence-electron chi connectivity index (χ2n) is 11.5. The van der Waals surface area contributed by atoms with Gasteiger partial charge in [0.25, 0.3) is 0 Å². The molecule has 0 bridgehead atoms. The van der Waals surface area contributed by atoms with Crippen molar-refractivity contribution in [2.45, 2.75) is 6.92 Å². The molecule has 0 radical (unpaired) electrons. The molecule has 0 saturated carbocycles. The number of rotatable bonds is 11. The van der Waals surface area contributed by atoms with E-state index >= 15 is 0 Å². The molecule has 0 amide bonds. The van der Waals surface area contributed by atoms with Crippen molar-refractivity contribution in [2.75, 3.05) is 19.1 Å². The van der Waals surface area contributed by atoms with Gasteiger partial charge in [0.05, 0.1) is 14.2 Å². The number of benzene rings is 6. The highest BCUT2D eigenvalue weighted by molar-refractivity contribution is 5.81. The standard InChI is InChI=1S/C45H39NO2/c1-34-14-26-41(27-15-34)46(42-28-20-37(21-29-42)17-16-35-10-6-4-7-11-35)43-30-22-38(23-31-43)19-25-40-33-44(47-2)39(32-45(40)48-3)24-18-36-12-8-5-9-13-36/h4-33H,1-3H3. The predicted octanol–water partition coefficient (Wildman–Crippen LogP) is 12.0. The molecule has 0 aromatic heterocycles. The van der Waals surface area contributed by atoms with Crippen molar-refractivity contribution >= 4 is 53.5 Å². The second kappa shape index (κ2) is 15.5. The fourth-order valence-electron chi connectivity index (χ4n) is 5.51. The number of ether oxygens (including phenoxy) is 2. The first-order valence-corrected chi connectivity index (χ1v) is 16.1. The lowest BCUT2D eigenvalue weighted by Gasteiger charge is -2.26. The maximum absolute atomic E-state index is 5.78. The van der Waals surface area contributed by atoms with Crippen LogP contribution < -0.4 is 14.4 Å². The van der Waals surface area contributed by atoms with Crippen LogP contribution in [0.15, 0.2) is 146 Å². The summed E-state index contributed by atoms with van der Waals surface area (Å²) in [6.45, 7) is 2.11. The van der Waals surface area contributed by atoms with Gasteiger partial charge in [0, 0.05) is 28.2 Å². The smallest absolute Gasteiger partial charge is 0.126 e. The van der Waals surface area contributed by atoms with Crippen LogP contribution in [0.3, 0.4) is 0 Å². The van der Waals surface area contributed by atoms with Crippen LogP contribution in [0.1, 0.15) is 38.9 Å². The number of hydrogen-bond donors (Lipinski definition) is 0. The molecule has 0 saturated heterocycles. The quantitative estimate of drug-likeness (QED) is 0.134. The molecule has 0 atom stereocenters. The summed E-state index contributed by atoms with van der Waals surface area (Å²) in [5, 5.41) is 0. The van der Waals surface area contributed by atoms with E-state index < -0.39 is 0 Å². The Labute approximate surface area is 284 Å². The number of anilines is 3. The lowest BCUT2D eigenvalue weighted by molar-refractivity contribution is 0.401. The van der Waals surface area contributed by atoms with Crippen molar-refractivity contribution in [1.29, 1.82) is 0 Å². The predicted molar refractivity (Wildman–Crippen MR) is 205 cm³/mol. The lowest BCUT2D eigenvalue weighted by atomic mass is 10.0. The van der Waals surface area contributed by atoms with Crippen molar-refractivity contribution in [3.63, 3.8) is 0 Å². The van der Waals surface area contributed by atoms with Crippen LogP contribution in [-0.2, 0) is 0 Å². The molecule has 3 heteroatoms. The molecule has 236 valence electrons. The molecule has 0 aliphatic heterocycles. The van der Waals surface area contributed by atoms with Crippen LogP contribution in [0.25, 0.3) is 36.5 Å². The molecule has 6 rings (SSSR count). The molecule has 0 aliphatic rings. The third-order valence-electron chi connectivity index (χ3n) is 8.15. The van der Waals surface area contributed by atoms with Gasteiger partial charge >= 0.3 is 0 Å². The van der Waals surface area contributed by atoms with Crippen molar-refractivity contribution in [1.82, 2.24) is 0 Å². The Morgan fingerprint density at radius 3 is 1.10 bits per heavy atom. The highest BCUT2D eigenvalue weighted by Crippen LogP contribution is 2.36. The van der Waals surface area contributed by atoms with Gasteiger partial charge in [-0.25, -0.2) is 0 Å². The van der Waals surface area contributed by atoms with E-state index in [1.54, 1.807) is 14.2 Å². The summed E-state index contributed by atoms with van der Waals surface area (Å²) >= 11 is 0. The lowest BCUT2D eigenvalue weighted by Crippen LogP contribution is -2.09. The SMILES string of the molecule is COc1cc(C=Cc2ccc(N(c3ccc(C)cc3)c3ccc(C=Cc4ccccc4)cc3)cc2)c(OC)cc1C=Cc1ccccc1. The van der Waals surface area contributed by atoms with E-state index in [-0.39, 0.29) is 0 Å². The fraction of sp³-hybridized carbons (Fsp3) is 0.0667. The number of methoxy groups -OCH3 is 2. The van der Waals surface area contributed by atoms with E-state index in [0.717, 1.165) is 56.4 Å². The van der Waals surface area contributed by atoms with Crippen LogP contribution in [-0.4, -0.2) is 14.2 Å². The van der Waals surface area contributed by atoms with Gasteiger partial charge < -0.3 is 14.4 Å². The number of hydrogen-bond acceptors (Lipinski definition) is 3. The average Bonchev–Trinajstić information content (AvgIpc) is 3.15. The monoisotopic (exact) mass is 625 g/mol. The molecule has 6 aromatic carbocycles. The van der Waals surface area contributed by atoms with Crippen molar-refractivity contribution in [3.05, 3.63) is 185 Å². The Bertz CT molecular complexity index is 2010. The summed E-state index contributed by atoms with van der Waals surface area (Å²) in [5.74, 6) is 1.57. The molecular formula is C45H39NO2. The Hall–Kier alpha value is -6.06.